The van der Waals surface area contributed by atoms with E-state index in [2.05, 4.69) is 20.0 Å². The van der Waals surface area contributed by atoms with Gasteiger partial charge in [-0.15, -0.1) is 8.86 Å². The van der Waals surface area contributed by atoms with Crippen molar-refractivity contribution < 1.29 is 12.6 Å². The predicted octanol–water partition coefficient (Wildman–Crippen LogP) is 1.71. The monoisotopic (exact) mass is 212 g/mol. The normalized spacial score (nSPS) is 9.92. The Kier molecular flexibility index (Phi) is 11.2. The Labute approximate surface area is 77.5 Å². The molecule has 0 amide bonds. The fourth-order valence-electron chi connectivity index (χ4n) is 0.235. The summed E-state index contributed by atoms with van der Waals surface area (Å²) in [5, 5.41) is 0. The van der Waals surface area contributed by atoms with Gasteiger partial charge in [-0.25, -0.2) is 0 Å². The van der Waals surface area contributed by atoms with E-state index >= 15 is 0 Å². The molecule has 0 aromatic heterocycles. The number of hydrogen-bond donors (Lipinski definition) is 0. The van der Waals surface area contributed by atoms with Crippen molar-refractivity contribution in [3.8, 4) is 0 Å². The molecule has 5 heteroatoms. The van der Waals surface area contributed by atoms with Crippen LogP contribution in [0.15, 0.2) is 0 Å². The Morgan fingerprint density at radius 3 is 1.92 bits per heavy atom. The van der Waals surface area contributed by atoms with Crippen molar-refractivity contribution in [3.63, 3.8) is 0 Å². The quantitative estimate of drug-likeness (QED) is 0.526. The van der Waals surface area contributed by atoms with Crippen LogP contribution >= 0.6 is 8.86 Å². The molecule has 0 fully saturated rings. The summed E-state index contributed by atoms with van der Waals surface area (Å²) >= 11 is 0. The highest BCUT2D eigenvalue weighted by Crippen LogP contribution is 1.86. The van der Waals surface area contributed by atoms with E-state index < -0.39 is 10.1 Å². The molecule has 0 rings (SSSR count). The molecule has 0 atom stereocenters. The summed E-state index contributed by atoms with van der Waals surface area (Å²) in [6.45, 7) is 4.22. The van der Waals surface area contributed by atoms with E-state index in [1.807, 2.05) is 12.7 Å². The number of rotatable bonds is 4. The molecule has 74 valence electrons. The largest absolute Gasteiger partial charge is 0.270 e. The SMILES string of the molecule is CCC=P.CCCOS(C)(=O)=O. The molecule has 0 unspecified atom stereocenters. The molecule has 0 aliphatic rings. The van der Waals surface area contributed by atoms with Gasteiger partial charge in [-0.2, -0.15) is 8.42 Å². The van der Waals surface area contributed by atoms with Crippen LogP contribution < -0.4 is 0 Å². The summed E-state index contributed by atoms with van der Waals surface area (Å²) < 4.78 is 24.7. The molecule has 0 bridgehead atoms. The van der Waals surface area contributed by atoms with Crippen molar-refractivity contribution >= 4 is 24.8 Å². The standard InChI is InChI=1S/C4H10O3S.C3H7P/c1-3-4-7-8(2,5)6;1-2-3-4/h3-4H2,1-2H3;3-4H,2H2,1H3. The zero-order valence-corrected chi connectivity index (χ0v) is 9.65. The topological polar surface area (TPSA) is 43.4 Å². The van der Waals surface area contributed by atoms with Gasteiger partial charge in [-0.05, 0) is 12.8 Å². The molecule has 0 aromatic carbocycles. The van der Waals surface area contributed by atoms with Crippen LogP contribution in [0.1, 0.15) is 26.7 Å². The summed E-state index contributed by atoms with van der Waals surface area (Å²) in [5.41, 5.74) is 0. The van der Waals surface area contributed by atoms with Gasteiger partial charge in [0, 0.05) is 0 Å². The maximum absolute atomic E-state index is 10.2. The molecular weight excluding hydrogens is 195 g/mol. The molecule has 0 saturated carbocycles. The van der Waals surface area contributed by atoms with Crippen LogP contribution in [0.4, 0.5) is 0 Å². The Hall–Kier alpha value is 0.0800. The van der Waals surface area contributed by atoms with Gasteiger partial charge in [-0.3, -0.25) is 4.18 Å². The third-order valence-corrected chi connectivity index (χ3v) is 1.71. The van der Waals surface area contributed by atoms with Gasteiger partial charge >= 0.3 is 0 Å². The summed E-state index contributed by atoms with van der Waals surface area (Å²) in [5.74, 6) is 1.93. The van der Waals surface area contributed by atoms with Crippen molar-refractivity contribution in [1.29, 1.82) is 0 Å². The lowest BCUT2D eigenvalue weighted by Crippen LogP contribution is -2.02. The summed E-state index contributed by atoms with van der Waals surface area (Å²) in [4.78, 5) is 0. The number of hydrogen-bond acceptors (Lipinski definition) is 3. The molecule has 0 aliphatic heterocycles. The Morgan fingerprint density at radius 2 is 1.83 bits per heavy atom. The van der Waals surface area contributed by atoms with E-state index in [-0.39, 0.29) is 0 Å². The van der Waals surface area contributed by atoms with E-state index in [1.54, 1.807) is 0 Å². The zero-order chi connectivity index (χ0) is 10.0. The van der Waals surface area contributed by atoms with E-state index in [0.29, 0.717) is 6.61 Å². The van der Waals surface area contributed by atoms with Crippen molar-refractivity contribution in [3.05, 3.63) is 0 Å². The van der Waals surface area contributed by atoms with Crippen LogP contribution in [0.25, 0.3) is 0 Å². The highest BCUT2D eigenvalue weighted by Gasteiger charge is 1.96. The second-order valence-electron chi connectivity index (χ2n) is 2.14. The van der Waals surface area contributed by atoms with Gasteiger partial charge in [0.1, 0.15) is 0 Å². The average Bonchev–Trinajstić information content (AvgIpc) is 2.00. The molecule has 12 heavy (non-hydrogen) atoms. The second kappa shape index (κ2) is 9.17. The first-order valence-electron chi connectivity index (χ1n) is 3.81. The van der Waals surface area contributed by atoms with Crippen LogP contribution in [-0.4, -0.2) is 27.1 Å². The molecule has 0 heterocycles. The van der Waals surface area contributed by atoms with E-state index in [1.165, 1.54) is 0 Å². The van der Waals surface area contributed by atoms with Crippen LogP contribution in [-0.2, 0) is 14.3 Å². The maximum atomic E-state index is 10.2. The Bertz CT molecular complexity index is 187. The van der Waals surface area contributed by atoms with E-state index in [9.17, 15) is 8.42 Å². The van der Waals surface area contributed by atoms with Gasteiger partial charge in [0.25, 0.3) is 10.1 Å². The predicted molar refractivity (Wildman–Crippen MR) is 55.8 cm³/mol. The highest BCUT2D eigenvalue weighted by atomic mass is 32.2. The molecular formula is C7H17O3PS. The fraction of sp³-hybridized carbons (Fsp3) is 0.857. The molecule has 0 aromatic rings. The molecule has 3 nitrogen and oxygen atoms in total. The molecule has 0 aliphatic carbocycles. The minimum atomic E-state index is -3.19. The van der Waals surface area contributed by atoms with Gasteiger partial charge < -0.3 is 0 Å². The first-order valence-corrected chi connectivity index (χ1v) is 6.20. The van der Waals surface area contributed by atoms with Crippen molar-refractivity contribution in [2.24, 2.45) is 0 Å². The minimum Gasteiger partial charge on any atom is -0.270 e. The zero-order valence-electron chi connectivity index (χ0n) is 7.83. The molecule has 0 radical (unpaired) electrons. The second-order valence-corrected chi connectivity index (χ2v) is 4.19. The Balaban J connectivity index is 0. The lowest BCUT2D eigenvalue weighted by molar-refractivity contribution is 0.322. The molecule has 0 spiro atoms. The third-order valence-electron chi connectivity index (χ3n) is 0.706. The first kappa shape index (κ1) is 14.6. The van der Waals surface area contributed by atoms with Gasteiger partial charge in [-0.1, -0.05) is 19.6 Å². The summed E-state index contributed by atoms with van der Waals surface area (Å²) in [6, 6.07) is 0. The molecule has 0 N–H and O–H groups in total. The fourth-order valence-corrected chi connectivity index (χ4v) is 0.704. The van der Waals surface area contributed by atoms with Gasteiger partial charge in [0.15, 0.2) is 0 Å². The van der Waals surface area contributed by atoms with Crippen LogP contribution in [0.2, 0.25) is 0 Å². The van der Waals surface area contributed by atoms with E-state index in [4.69, 9.17) is 0 Å². The van der Waals surface area contributed by atoms with Gasteiger partial charge in [0.05, 0.1) is 12.9 Å². The van der Waals surface area contributed by atoms with Crippen molar-refractivity contribution in [2.45, 2.75) is 26.7 Å². The van der Waals surface area contributed by atoms with Crippen LogP contribution in [0.3, 0.4) is 0 Å². The van der Waals surface area contributed by atoms with E-state index in [0.717, 1.165) is 19.1 Å². The highest BCUT2D eigenvalue weighted by molar-refractivity contribution is 7.85. The summed E-state index contributed by atoms with van der Waals surface area (Å²) in [6.07, 6.45) is 2.88. The lowest BCUT2D eigenvalue weighted by Gasteiger charge is -1.94. The minimum absolute atomic E-state index is 0.291. The van der Waals surface area contributed by atoms with Crippen molar-refractivity contribution in [2.75, 3.05) is 12.9 Å². The van der Waals surface area contributed by atoms with Crippen LogP contribution in [0, 0.1) is 0 Å². The van der Waals surface area contributed by atoms with Gasteiger partial charge in [0.2, 0.25) is 0 Å². The van der Waals surface area contributed by atoms with Crippen molar-refractivity contribution in [1.82, 2.24) is 0 Å². The average molecular weight is 212 g/mol. The van der Waals surface area contributed by atoms with Crippen LogP contribution in [0.5, 0.6) is 0 Å². The lowest BCUT2D eigenvalue weighted by atomic mass is 10.5. The third kappa shape index (κ3) is 22.5. The Morgan fingerprint density at radius 1 is 1.42 bits per heavy atom. The summed E-state index contributed by atoms with van der Waals surface area (Å²) in [7, 11) is -0.0235. The molecule has 0 saturated heterocycles. The maximum Gasteiger partial charge on any atom is 0.264 e. The first-order chi connectivity index (χ1) is 5.47. The smallest absolute Gasteiger partial charge is 0.264 e.